The number of halogens is 1. The third-order valence-corrected chi connectivity index (χ3v) is 4.87. The van der Waals surface area contributed by atoms with E-state index in [1.165, 1.54) is 12.1 Å². The van der Waals surface area contributed by atoms with E-state index >= 15 is 0 Å². The fourth-order valence-corrected chi connectivity index (χ4v) is 3.21. The van der Waals surface area contributed by atoms with Crippen molar-refractivity contribution < 1.29 is 22.1 Å². The van der Waals surface area contributed by atoms with Gasteiger partial charge in [0.1, 0.15) is 13.2 Å². The lowest BCUT2D eigenvalue weighted by atomic mass is 10.2. The molecule has 1 aliphatic heterocycles. The zero-order valence-corrected chi connectivity index (χ0v) is 13.9. The molecule has 0 saturated heterocycles. The molecule has 2 aromatic rings. The van der Waals surface area contributed by atoms with Crippen LogP contribution in [0.2, 0.25) is 5.02 Å². The van der Waals surface area contributed by atoms with Crippen LogP contribution in [-0.2, 0) is 14.3 Å². The van der Waals surface area contributed by atoms with E-state index in [2.05, 4.69) is 0 Å². The molecule has 130 valence electrons. The van der Waals surface area contributed by atoms with E-state index in [1.807, 2.05) is 6.92 Å². The molecule has 0 bridgehead atoms. The van der Waals surface area contributed by atoms with Gasteiger partial charge in [-0.15, -0.1) is 0 Å². The highest BCUT2D eigenvalue weighted by Gasteiger charge is 2.24. The first-order chi connectivity index (χ1) is 10.9. The van der Waals surface area contributed by atoms with Gasteiger partial charge in [0.25, 0.3) is 10.1 Å². The summed E-state index contributed by atoms with van der Waals surface area (Å²) >= 11 is 5.87. The molecule has 24 heavy (non-hydrogen) atoms. The van der Waals surface area contributed by atoms with Gasteiger partial charge in [-0.3, -0.25) is 4.18 Å². The van der Waals surface area contributed by atoms with Crippen LogP contribution in [0.5, 0.6) is 11.5 Å². The average molecular weight is 371 g/mol. The summed E-state index contributed by atoms with van der Waals surface area (Å²) in [6.45, 7) is 1.95. The van der Waals surface area contributed by atoms with Crippen molar-refractivity contribution in [2.24, 2.45) is 0 Å². The lowest BCUT2D eigenvalue weighted by Gasteiger charge is -2.26. The van der Waals surface area contributed by atoms with Gasteiger partial charge in [-0.2, -0.15) is 8.42 Å². The maximum absolute atomic E-state index is 12.1. The molecule has 0 unspecified atom stereocenters. The van der Waals surface area contributed by atoms with Crippen molar-refractivity contribution in [3.63, 3.8) is 0 Å². The largest absolute Gasteiger partial charge is 0.486 e. The maximum atomic E-state index is 12.1. The molecule has 1 atom stereocenters. The minimum Gasteiger partial charge on any atom is -0.486 e. The first kappa shape index (κ1) is 18.6. The standard InChI is InChI=1S/C16H15ClO5S.CH4/c1-11-2-5-14(6-3-11)23(18,19)21-10-13-9-20-16-8-12(17)4-7-15(16)22-13;/h2-8,13H,9-10H2,1H3;1H4/t13-;/m1./s1. The Kier molecular flexibility index (Phi) is 5.74. The molecule has 0 radical (unpaired) electrons. The predicted molar refractivity (Wildman–Crippen MR) is 92.4 cm³/mol. The molecule has 0 amide bonds. The zero-order chi connectivity index (χ0) is 16.4. The van der Waals surface area contributed by atoms with Crippen molar-refractivity contribution in [1.29, 1.82) is 0 Å². The average Bonchev–Trinajstić information content (AvgIpc) is 2.53. The SMILES string of the molecule is C.Cc1ccc(S(=O)(=O)OC[C@H]2COc3cc(Cl)ccc3O2)cc1. The molecule has 0 N–H and O–H groups in total. The minimum absolute atomic E-state index is 0. The highest BCUT2D eigenvalue weighted by Crippen LogP contribution is 2.34. The van der Waals surface area contributed by atoms with E-state index in [0.29, 0.717) is 16.5 Å². The summed E-state index contributed by atoms with van der Waals surface area (Å²) in [5.41, 5.74) is 0.975. The van der Waals surface area contributed by atoms with Crippen LogP contribution in [-0.4, -0.2) is 27.7 Å². The Labute approximate surface area is 147 Å². The van der Waals surface area contributed by atoms with Crippen LogP contribution >= 0.6 is 11.6 Å². The van der Waals surface area contributed by atoms with Crippen LogP contribution < -0.4 is 9.47 Å². The van der Waals surface area contributed by atoms with Crippen molar-refractivity contribution >= 4 is 21.7 Å². The van der Waals surface area contributed by atoms with E-state index in [9.17, 15) is 8.42 Å². The number of benzene rings is 2. The molecule has 0 fully saturated rings. The quantitative estimate of drug-likeness (QED) is 0.765. The monoisotopic (exact) mass is 370 g/mol. The summed E-state index contributed by atoms with van der Waals surface area (Å²) in [4.78, 5) is 0.118. The van der Waals surface area contributed by atoms with Gasteiger partial charge in [0.15, 0.2) is 17.6 Å². The summed E-state index contributed by atoms with van der Waals surface area (Å²) in [5, 5.41) is 0.545. The molecule has 1 aliphatic rings. The minimum atomic E-state index is -3.82. The molecule has 3 rings (SSSR count). The number of fused-ring (bicyclic) bond motifs is 1. The summed E-state index contributed by atoms with van der Waals surface area (Å²) in [5.74, 6) is 1.05. The van der Waals surface area contributed by atoms with Gasteiger partial charge < -0.3 is 9.47 Å². The van der Waals surface area contributed by atoms with E-state index < -0.39 is 16.2 Å². The van der Waals surface area contributed by atoms with E-state index in [1.54, 1.807) is 30.3 Å². The second-order valence-corrected chi connectivity index (χ2v) is 7.25. The van der Waals surface area contributed by atoms with E-state index in [-0.39, 0.29) is 25.5 Å². The number of hydrogen-bond donors (Lipinski definition) is 0. The molecule has 0 aromatic heterocycles. The van der Waals surface area contributed by atoms with Crippen LogP contribution in [0.3, 0.4) is 0 Å². The Morgan fingerprint density at radius 2 is 1.88 bits per heavy atom. The number of hydrogen-bond acceptors (Lipinski definition) is 5. The molecule has 1 heterocycles. The van der Waals surface area contributed by atoms with Gasteiger partial charge in [0, 0.05) is 11.1 Å². The summed E-state index contributed by atoms with van der Waals surface area (Å²) in [7, 11) is -3.82. The van der Waals surface area contributed by atoms with Crippen LogP contribution in [0.15, 0.2) is 47.4 Å². The highest BCUT2D eigenvalue weighted by atomic mass is 35.5. The maximum Gasteiger partial charge on any atom is 0.297 e. The van der Waals surface area contributed by atoms with Crippen LogP contribution in [0.4, 0.5) is 0 Å². The smallest absolute Gasteiger partial charge is 0.297 e. The third-order valence-electron chi connectivity index (χ3n) is 3.34. The molecular formula is C17H19ClO5S. The molecule has 0 aliphatic carbocycles. The van der Waals surface area contributed by atoms with Gasteiger partial charge in [-0.05, 0) is 31.2 Å². The normalized spacial score (nSPS) is 16.3. The lowest BCUT2D eigenvalue weighted by molar-refractivity contribution is 0.0555. The zero-order valence-electron chi connectivity index (χ0n) is 12.4. The Morgan fingerprint density at radius 3 is 2.58 bits per heavy atom. The second kappa shape index (κ2) is 7.42. The number of ether oxygens (including phenoxy) is 2. The Bertz CT molecular complexity index is 802. The van der Waals surface area contributed by atoms with Crippen LogP contribution in [0.1, 0.15) is 13.0 Å². The van der Waals surface area contributed by atoms with Crippen molar-refractivity contribution in [3.8, 4) is 11.5 Å². The van der Waals surface area contributed by atoms with Gasteiger partial charge in [-0.25, -0.2) is 0 Å². The van der Waals surface area contributed by atoms with Gasteiger partial charge in [-0.1, -0.05) is 36.7 Å². The van der Waals surface area contributed by atoms with Crippen molar-refractivity contribution in [3.05, 3.63) is 53.1 Å². The first-order valence-electron chi connectivity index (χ1n) is 6.99. The molecule has 5 nitrogen and oxygen atoms in total. The second-order valence-electron chi connectivity index (χ2n) is 5.19. The van der Waals surface area contributed by atoms with Crippen LogP contribution in [0.25, 0.3) is 0 Å². The van der Waals surface area contributed by atoms with Gasteiger partial charge >= 0.3 is 0 Å². The Morgan fingerprint density at radius 1 is 1.17 bits per heavy atom. The topological polar surface area (TPSA) is 61.8 Å². The summed E-state index contributed by atoms with van der Waals surface area (Å²) in [6.07, 6.45) is -0.510. The van der Waals surface area contributed by atoms with Gasteiger partial charge in [0.2, 0.25) is 0 Å². The van der Waals surface area contributed by atoms with Crippen LogP contribution in [0, 0.1) is 6.92 Å². The number of aryl methyl sites for hydroxylation is 1. The highest BCUT2D eigenvalue weighted by molar-refractivity contribution is 7.86. The molecule has 0 spiro atoms. The molecule has 7 heteroatoms. The summed E-state index contributed by atoms with van der Waals surface area (Å²) < 4.78 is 40.5. The van der Waals surface area contributed by atoms with Crippen molar-refractivity contribution in [1.82, 2.24) is 0 Å². The predicted octanol–water partition coefficient (Wildman–Crippen LogP) is 3.83. The fraction of sp³-hybridized carbons (Fsp3) is 0.294. The lowest BCUT2D eigenvalue weighted by Crippen LogP contribution is -2.34. The number of rotatable bonds is 4. The van der Waals surface area contributed by atoms with Gasteiger partial charge in [0.05, 0.1) is 4.90 Å². The molecule has 2 aromatic carbocycles. The van der Waals surface area contributed by atoms with Crippen molar-refractivity contribution in [2.75, 3.05) is 13.2 Å². The van der Waals surface area contributed by atoms with E-state index in [4.69, 9.17) is 25.3 Å². The Hall–Kier alpha value is -1.76. The fourth-order valence-electron chi connectivity index (χ4n) is 2.11. The van der Waals surface area contributed by atoms with E-state index in [0.717, 1.165) is 5.56 Å². The Balaban J connectivity index is 0.00000208. The molecular weight excluding hydrogens is 352 g/mol. The third kappa shape index (κ3) is 4.20. The van der Waals surface area contributed by atoms with Crippen molar-refractivity contribution in [2.45, 2.75) is 25.3 Å². The summed E-state index contributed by atoms with van der Waals surface area (Å²) in [6, 6.07) is 11.5. The molecule has 0 saturated carbocycles. The first-order valence-corrected chi connectivity index (χ1v) is 8.78.